The Morgan fingerprint density at radius 3 is 2.56 bits per heavy atom. The van der Waals surface area contributed by atoms with Gasteiger partial charge in [-0.25, -0.2) is 0 Å². The van der Waals surface area contributed by atoms with Crippen LogP contribution in [0.25, 0.3) is 11.0 Å². The molecule has 34 heavy (non-hydrogen) atoms. The van der Waals surface area contributed by atoms with Crippen molar-refractivity contribution in [1.29, 1.82) is 0 Å². The number of likely N-dealkylation sites (tertiary alicyclic amines) is 1. The highest BCUT2D eigenvalue weighted by molar-refractivity contribution is 5.88. The second-order valence-corrected chi connectivity index (χ2v) is 9.51. The summed E-state index contributed by atoms with van der Waals surface area (Å²) in [4.78, 5) is 27.4. The first kappa shape index (κ1) is 23.9. The summed E-state index contributed by atoms with van der Waals surface area (Å²) in [6.45, 7) is 7.73. The maximum Gasteiger partial charge on any atom is 0.227 e. The number of furan rings is 1. The van der Waals surface area contributed by atoms with Crippen molar-refractivity contribution in [2.45, 2.75) is 58.4 Å². The lowest BCUT2D eigenvalue weighted by atomic mass is 9.95. The highest BCUT2D eigenvalue weighted by Gasteiger charge is 2.25. The SMILES string of the molecule is COc1ccccc1CC(=O)N1CCC(NC(=O)Cc2coc3cc(C)c(C(C)C)cc23)CC1. The van der Waals surface area contributed by atoms with Gasteiger partial charge in [-0.15, -0.1) is 0 Å². The van der Waals surface area contributed by atoms with Crippen LogP contribution in [0.15, 0.2) is 47.1 Å². The van der Waals surface area contributed by atoms with Gasteiger partial charge in [0.2, 0.25) is 11.8 Å². The maximum atomic E-state index is 12.8. The van der Waals surface area contributed by atoms with E-state index < -0.39 is 0 Å². The Morgan fingerprint density at radius 1 is 1.12 bits per heavy atom. The Morgan fingerprint density at radius 2 is 1.85 bits per heavy atom. The second-order valence-electron chi connectivity index (χ2n) is 9.51. The highest BCUT2D eigenvalue weighted by atomic mass is 16.5. The Bertz CT molecular complexity index is 1170. The molecule has 2 aromatic carbocycles. The van der Waals surface area contributed by atoms with Gasteiger partial charge in [-0.3, -0.25) is 9.59 Å². The third kappa shape index (κ3) is 5.27. The molecule has 6 heteroatoms. The summed E-state index contributed by atoms with van der Waals surface area (Å²) in [7, 11) is 1.62. The number of fused-ring (bicyclic) bond motifs is 1. The average molecular weight is 463 g/mol. The number of piperidine rings is 1. The summed E-state index contributed by atoms with van der Waals surface area (Å²) in [5.74, 6) is 1.24. The predicted molar refractivity (Wildman–Crippen MR) is 133 cm³/mol. The minimum absolute atomic E-state index is 0.00632. The van der Waals surface area contributed by atoms with Crippen molar-refractivity contribution in [2.75, 3.05) is 20.2 Å². The van der Waals surface area contributed by atoms with Crippen molar-refractivity contribution in [3.8, 4) is 5.75 Å². The van der Waals surface area contributed by atoms with Crippen LogP contribution < -0.4 is 10.1 Å². The maximum absolute atomic E-state index is 12.8. The molecule has 0 bridgehead atoms. The number of aryl methyl sites for hydroxylation is 1. The van der Waals surface area contributed by atoms with Gasteiger partial charge < -0.3 is 19.4 Å². The number of hydrogen-bond donors (Lipinski definition) is 1. The summed E-state index contributed by atoms with van der Waals surface area (Å²) < 4.78 is 11.1. The van der Waals surface area contributed by atoms with Gasteiger partial charge in [0.05, 0.1) is 26.2 Å². The van der Waals surface area contributed by atoms with E-state index in [9.17, 15) is 9.59 Å². The number of carbonyl (C=O) groups is 2. The molecule has 0 aliphatic carbocycles. The second kappa shape index (κ2) is 10.3. The van der Waals surface area contributed by atoms with Crippen LogP contribution in [-0.4, -0.2) is 43.0 Å². The van der Waals surface area contributed by atoms with Gasteiger partial charge in [-0.05, 0) is 55.0 Å². The van der Waals surface area contributed by atoms with E-state index in [1.54, 1.807) is 13.4 Å². The normalized spacial score (nSPS) is 14.6. The van der Waals surface area contributed by atoms with Gasteiger partial charge >= 0.3 is 0 Å². The monoisotopic (exact) mass is 462 g/mol. The molecule has 180 valence electrons. The van der Waals surface area contributed by atoms with E-state index in [0.717, 1.165) is 40.7 Å². The van der Waals surface area contributed by atoms with Crippen LogP contribution in [0.2, 0.25) is 0 Å². The smallest absolute Gasteiger partial charge is 0.227 e. The summed E-state index contributed by atoms with van der Waals surface area (Å²) in [6, 6.07) is 11.9. The van der Waals surface area contributed by atoms with Crippen LogP contribution in [0, 0.1) is 6.92 Å². The first-order valence-electron chi connectivity index (χ1n) is 12.0. The van der Waals surface area contributed by atoms with Gasteiger partial charge in [0.25, 0.3) is 0 Å². The standard InChI is InChI=1S/C28H34N2O4/c1-18(2)23-16-24-21(17-34-26(24)13-19(23)3)14-27(31)29-22-9-11-30(12-10-22)28(32)15-20-7-5-6-8-25(20)33-4/h5-8,13,16-18,22H,9-12,14-15H2,1-4H3,(H,29,31). The molecule has 4 rings (SSSR count). The van der Waals surface area contributed by atoms with Crippen LogP contribution in [-0.2, 0) is 22.4 Å². The van der Waals surface area contributed by atoms with Crippen molar-refractivity contribution in [2.24, 2.45) is 0 Å². The third-order valence-corrected chi connectivity index (χ3v) is 6.76. The zero-order valence-corrected chi connectivity index (χ0v) is 20.5. The molecule has 0 atom stereocenters. The molecule has 0 radical (unpaired) electrons. The van der Waals surface area contributed by atoms with E-state index in [1.165, 1.54) is 11.1 Å². The molecule has 1 fully saturated rings. The largest absolute Gasteiger partial charge is 0.496 e. The number of amides is 2. The fourth-order valence-electron chi connectivity index (χ4n) is 4.85. The van der Waals surface area contributed by atoms with Gasteiger partial charge in [0, 0.05) is 35.6 Å². The van der Waals surface area contributed by atoms with E-state index >= 15 is 0 Å². The van der Waals surface area contributed by atoms with E-state index in [4.69, 9.17) is 9.15 Å². The van der Waals surface area contributed by atoms with E-state index in [1.807, 2.05) is 29.2 Å². The fraction of sp³-hybridized carbons (Fsp3) is 0.429. The molecular formula is C28H34N2O4. The zero-order chi connectivity index (χ0) is 24.2. The summed E-state index contributed by atoms with van der Waals surface area (Å²) in [6.07, 6.45) is 3.83. The number of benzene rings is 2. The predicted octanol–water partition coefficient (Wildman–Crippen LogP) is 4.77. The molecule has 2 amide bonds. The number of para-hydroxylation sites is 1. The van der Waals surface area contributed by atoms with Gasteiger partial charge in [-0.1, -0.05) is 32.0 Å². The van der Waals surface area contributed by atoms with Crippen LogP contribution in [0.5, 0.6) is 5.75 Å². The van der Waals surface area contributed by atoms with Gasteiger partial charge in [-0.2, -0.15) is 0 Å². The molecule has 3 aromatic rings. The first-order valence-corrected chi connectivity index (χ1v) is 12.0. The minimum atomic E-state index is -0.00632. The molecule has 0 saturated carbocycles. The van der Waals surface area contributed by atoms with Crippen LogP contribution in [0.1, 0.15) is 54.9 Å². The summed E-state index contributed by atoms with van der Waals surface area (Å²) >= 11 is 0. The van der Waals surface area contributed by atoms with Crippen LogP contribution in [0.4, 0.5) is 0 Å². The first-order chi connectivity index (χ1) is 16.4. The third-order valence-electron chi connectivity index (χ3n) is 6.76. The van der Waals surface area contributed by atoms with Crippen molar-refractivity contribution in [3.63, 3.8) is 0 Å². The lowest BCUT2D eigenvalue weighted by molar-refractivity contribution is -0.131. The Kier molecular flexibility index (Phi) is 7.25. The quantitative estimate of drug-likeness (QED) is 0.549. The number of ether oxygens (including phenoxy) is 1. The Balaban J connectivity index is 1.31. The molecule has 2 heterocycles. The number of carbonyl (C=O) groups excluding carboxylic acids is 2. The lowest BCUT2D eigenvalue weighted by Gasteiger charge is -2.32. The van der Waals surface area contributed by atoms with Crippen molar-refractivity contribution in [3.05, 3.63) is 64.9 Å². The Labute approximate surface area is 201 Å². The molecule has 0 spiro atoms. The van der Waals surface area contributed by atoms with Crippen LogP contribution >= 0.6 is 0 Å². The van der Waals surface area contributed by atoms with Gasteiger partial charge in [0.1, 0.15) is 11.3 Å². The molecule has 6 nitrogen and oxygen atoms in total. The Hall–Kier alpha value is -3.28. The topological polar surface area (TPSA) is 71.8 Å². The molecule has 1 saturated heterocycles. The van der Waals surface area contributed by atoms with Crippen molar-refractivity contribution >= 4 is 22.8 Å². The zero-order valence-electron chi connectivity index (χ0n) is 20.5. The van der Waals surface area contributed by atoms with E-state index in [0.29, 0.717) is 31.8 Å². The molecule has 1 aromatic heterocycles. The molecular weight excluding hydrogens is 428 g/mol. The molecule has 1 N–H and O–H groups in total. The van der Waals surface area contributed by atoms with Gasteiger partial charge in [0.15, 0.2) is 0 Å². The number of nitrogens with one attached hydrogen (secondary N) is 1. The average Bonchev–Trinajstić information content (AvgIpc) is 3.20. The number of nitrogens with zero attached hydrogens (tertiary/aromatic N) is 1. The lowest BCUT2D eigenvalue weighted by Crippen LogP contribution is -2.47. The molecule has 0 unspecified atom stereocenters. The highest BCUT2D eigenvalue weighted by Crippen LogP contribution is 2.29. The van der Waals surface area contributed by atoms with E-state index in [2.05, 4.69) is 38.2 Å². The van der Waals surface area contributed by atoms with Crippen molar-refractivity contribution in [1.82, 2.24) is 10.2 Å². The molecule has 1 aliphatic rings. The van der Waals surface area contributed by atoms with E-state index in [-0.39, 0.29) is 17.9 Å². The van der Waals surface area contributed by atoms with Crippen molar-refractivity contribution < 1.29 is 18.7 Å². The number of hydrogen-bond acceptors (Lipinski definition) is 4. The fourth-order valence-corrected chi connectivity index (χ4v) is 4.85. The number of methoxy groups -OCH3 is 1. The minimum Gasteiger partial charge on any atom is -0.496 e. The summed E-state index contributed by atoms with van der Waals surface area (Å²) in [5, 5.41) is 4.17. The number of rotatable bonds is 7. The summed E-state index contributed by atoms with van der Waals surface area (Å²) in [5.41, 5.74) is 5.12. The van der Waals surface area contributed by atoms with Crippen LogP contribution in [0.3, 0.4) is 0 Å². The molecule has 1 aliphatic heterocycles.